The van der Waals surface area contributed by atoms with E-state index in [1.807, 2.05) is 17.0 Å². The van der Waals surface area contributed by atoms with Gasteiger partial charge in [-0.3, -0.25) is 9.59 Å². The van der Waals surface area contributed by atoms with E-state index < -0.39 is 0 Å². The standard InChI is InChI=1S/C33H41Cl4N5O5/c1-39(32(44)23-17-24(34)20-25(35)18-23)21-30(38-47-3)27(22-5-6-28(36)29(37)19-22)9-15-40-13-7-26(8-14-40)42-12-4-11-41(33(42)45)16-10-31(43)46-2/h5-6,17-20,26-27H,4,7-16,21H2,1-3H3/b38-30+. The topological polar surface area (TPSA) is 95.0 Å². The molecule has 2 aromatic rings. The Kier molecular flexibility index (Phi) is 13.9. The smallest absolute Gasteiger partial charge is 0.320 e. The molecule has 0 aliphatic carbocycles. The van der Waals surface area contributed by atoms with Gasteiger partial charge in [0.2, 0.25) is 0 Å². The van der Waals surface area contributed by atoms with E-state index in [9.17, 15) is 14.4 Å². The number of rotatable bonds is 13. The van der Waals surface area contributed by atoms with Crippen LogP contribution < -0.4 is 0 Å². The number of ether oxygens (including phenoxy) is 1. The summed E-state index contributed by atoms with van der Waals surface area (Å²) in [7, 11) is 4.53. The van der Waals surface area contributed by atoms with Crippen molar-refractivity contribution < 1.29 is 24.0 Å². The van der Waals surface area contributed by atoms with Crippen molar-refractivity contribution in [3.05, 3.63) is 67.6 Å². The van der Waals surface area contributed by atoms with Crippen molar-refractivity contribution in [1.29, 1.82) is 0 Å². The molecule has 2 saturated heterocycles. The molecule has 0 bridgehead atoms. The first-order valence-electron chi connectivity index (χ1n) is 15.6. The molecule has 14 heteroatoms. The second-order valence-corrected chi connectivity index (χ2v) is 13.5. The van der Waals surface area contributed by atoms with Gasteiger partial charge in [0.15, 0.2) is 0 Å². The van der Waals surface area contributed by atoms with E-state index in [2.05, 4.69) is 10.1 Å². The number of halogens is 4. The molecule has 1 atom stereocenters. The number of hydrogen-bond acceptors (Lipinski definition) is 7. The molecular formula is C33H41Cl4N5O5. The van der Waals surface area contributed by atoms with Gasteiger partial charge < -0.3 is 29.2 Å². The van der Waals surface area contributed by atoms with Crippen molar-refractivity contribution >= 4 is 70.0 Å². The van der Waals surface area contributed by atoms with Crippen LogP contribution in [0.2, 0.25) is 20.1 Å². The fraction of sp³-hybridized carbons (Fsp3) is 0.515. The predicted molar refractivity (Wildman–Crippen MR) is 186 cm³/mol. The normalized spacial score (nSPS) is 17.1. The molecule has 0 spiro atoms. The third-order valence-corrected chi connectivity index (χ3v) is 9.88. The Bertz CT molecular complexity index is 1430. The minimum absolute atomic E-state index is 0.00239. The summed E-state index contributed by atoms with van der Waals surface area (Å²) >= 11 is 25.0. The maximum absolute atomic E-state index is 13.4. The average Bonchev–Trinajstić information content (AvgIpc) is 3.05. The van der Waals surface area contributed by atoms with Crippen molar-refractivity contribution in [2.24, 2.45) is 5.16 Å². The van der Waals surface area contributed by atoms with Gasteiger partial charge in [-0.1, -0.05) is 57.6 Å². The van der Waals surface area contributed by atoms with Crippen molar-refractivity contribution in [3.63, 3.8) is 0 Å². The minimum atomic E-state index is -0.314. The highest BCUT2D eigenvalue weighted by Crippen LogP contribution is 2.31. The molecule has 10 nitrogen and oxygen atoms in total. The zero-order chi connectivity index (χ0) is 34.1. The van der Waals surface area contributed by atoms with E-state index in [1.165, 1.54) is 14.2 Å². The van der Waals surface area contributed by atoms with Crippen LogP contribution in [0.5, 0.6) is 0 Å². The van der Waals surface area contributed by atoms with Crippen LogP contribution >= 0.6 is 46.4 Å². The number of carbonyl (C=O) groups excluding carboxylic acids is 3. The van der Waals surface area contributed by atoms with Gasteiger partial charge in [-0.05, 0) is 68.1 Å². The zero-order valence-electron chi connectivity index (χ0n) is 26.9. The van der Waals surface area contributed by atoms with Crippen LogP contribution in [-0.2, 0) is 14.4 Å². The Labute approximate surface area is 296 Å². The van der Waals surface area contributed by atoms with Crippen molar-refractivity contribution in [3.8, 4) is 0 Å². The molecular weight excluding hydrogens is 688 g/mol. The lowest BCUT2D eigenvalue weighted by molar-refractivity contribution is -0.140. The summed E-state index contributed by atoms with van der Waals surface area (Å²) in [4.78, 5) is 51.2. The first-order valence-corrected chi connectivity index (χ1v) is 17.1. The van der Waals surface area contributed by atoms with Crippen LogP contribution in [0.4, 0.5) is 4.79 Å². The van der Waals surface area contributed by atoms with Crippen LogP contribution in [0, 0.1) is 0 Å². The Morgan fingerprint density at radius 1 is 0.957 bits per heavy atom. The summed E-state index contributed by atoms with van der Waals surface area (Å²) in [6, 6.07) is 10.4. The van der Waals surface area contributed by atoms with Crippen molar-refractivity contribution in [2.75, 3.05) is 67.1 Å². The van der Waals surface area contributed by atoms with Crippen LogP contribution in [0.25, 0.3) is 0 Å². The highest BCUT2D eigenvalue weighted by molar-refractivity contribution is 6.42. The van der Waals surface area contributed by atoms with Gasteiger partial charge in [-0.15, -0.1) is 0 Å². The van der Waals surface area contributed by atoms with Crippen molar-refractivity contribution in [2.45, 2.75) is 44.1 Å². The number of piperidine rings is 1. The number of amides is 3. The van der Waals surface area contributed by atoms with E-state index in [1.54, 1.807) is 41.1 Å². The summed E-state index contributed by atoms with van der Waals surface area (Å²) in [5.41, 5.74) is 1.92. The van der Waals surface area contributed by atoms with Gasteiger partial charge in [-0.25, -0.2) is 4.79 Å². The summed E-state index contributed by atoms with van der Waals surface area (Å²) in [5, 5.41) is 6.01. The van der Waals surface area contributed by atoms with E-state index >= 15 is 0 Å². The number of esters is 1. The Hall–Kier alpha value is -2.76. The van der Waals surface area contributed by atoms with Crippen LogP contribution in [0.3, 0.4) is 0 Å². The second-order valence-electron chi connectivity index (χ2n) is 11.8. The molecule has 3 amide bonds. The molecule has 2 heterocycles. The molecule has 0 N–H and O–H groups in total. The first-order chi connectivity index (χ1) is 22.5. The first kappa shape index (κ1) is 37.1. The van der Waals surface area contributed by atoms with Gasteiger partial charge in [0, 0.05) is 67.3 Å². The number of carbonyl (C=O) groups is 3. The molecule has 0 radical (unpaired) electrons. The van der Waals surface area contributed by atoms with Gasteiger partial charge >= 0.3 is 12.0 Å². The maximum Gasteiger partial charge on any atom is 0.320 e. The molecule has 2 aliphatic rings. The maximum atomic E-state index is 13.4. The van der Waals surface area contributed by atoms with Gasteiger partial charge in [0.25, 0.3) is 5.91 Å². The van der Waals surface area contributed by atoms with Crippen LogP contribution in [0.1, 0.15) is 53.9 Å². The lowest BCUT2D eigenvalue weighted by Crippen LogP contribution is -2.56. The third-order valence-electron chi connectivity index (χ3n) is 8.70. The summed E-state index contributed by atoms with van der Waals surface area (Å²) in [5.74, 6) is -0.803. The molecule has 4 rings (SSSR count). The average molecular weight is 730 g/mol. The molecule has 0 saturated carbocycles. The second kappa shape index (κ2) is 17.6. The number of oxime groups is 1. The highest BCUT2D eigenvalue weighted by Gasteiger charge is 2.34. The zero-order valence-corrected chi connectivity index (χ0v) is 29.9. The van der Waals surface area contributed by atoms with E-state index in [0.29, 0.717) is 50.9 Å². The van der Waals surface area contributed by atoms with Gasteiger partial charge in [0.05, 0.1) is 35.8 Å². The number of benzene rings is 2. The molecule has 2 aliphatic heterocycles. The third kappa shape index (κ3) is 10.1. The number of likely N-dealkylation sites (tertiary alicyclic amines) is 1. The van der Waals surface area contributed by atoms with Crippen LogP contribution in [-0.4, -0.2) is 116 Å². The minimum Gasteiger partial charge on any atom is -0.469 e. The fourth-order valence-corrected chi connectivity index (χ4v) is 7.07. The Morgan fingerprint density at radius 2 is 1.66 bits per heavy atom. The molecule has 2 aromatic carbocycles. The molecule has 47 heavy (non-hydrogen) atoms. The quantitative estimate of drug-likeness (QED) is 0.129. The SMILES string of the molecule is CO/N=C(\CN(C)C(=O)c1cc(Cl)cc(Cl)c1)C(CCN1CCC(N2CCCN(CCC(=O)OC)C2=O)CC1)c1ccc(Cl)c(Cl)c1. The van der Waals surface area contributed by atoms with Crippen LogP contribution in [0.15, 0.2) is 41.6 Å². The number of nitrogens with zero attached hydrogens (tertiary/aromatic N) is 5. The molecule has 2 fully saturated rings. The highest BCUT2D eigenvalue weighted by atomic mass is 35.5. The Balaban J connectivity index is 1.43. The fourth-order valence-electron chi connectivity index (χ4n) is 6.23. The lowest BCUT2D eigenvalue weighted by Gasteiger charge is -2.43. The predicted octanol–water partition coefficient (Wildman–Crippen LogP) is 6.70. The number of urea groups is 1. The summed E-state index contributed by atoms with van der Waals surface area (Å²) in [6.45, 7) is 4.34. The van der Waals surface area contributed by atoms with E-state index in [0.717, 1.165) is 51.0 Å². The molecule has 1 unspecified atom stereocenters. The van der Waals surface area contributed by atoms with E-state index in [-0.39, 0.29) is 42.8 Å². The monoisotopic (exact) mass is 727 g/mol. The largest absolute Gasteiger partial charge is 0.469 e. The lowest BCUT2D eigenvalue weighted by atomic mass is 9.89. The van der Waals surface area contributed by atoms with Crippen molar-refractivity contribution in [1.82, 2.24) is 19.6 Å². The number of methoxy groups -OCH3 is 1. The summed E-state index contributed by atoms with van der Waals surface area (Å²) in [6.07, 6.45) is 3.46. The van der Waals surface area contributed by atoms with Gasteiger partial charge in [-0.2, -0.15) is 0 Å². The molecule has 0 aromatic heterocycles. The number of hydrogen-bond donors (Lipinski definition) is 0. The Morgan fingerprint density at radius 3 is 2.30 bits per heavy atom. The molecule has 256 valence electrons. The van der Waals surface area contributed by atoms with E-state index in [4.69, 9.17) is 56.0 Å². The summed E-state index contributed by atoms with van der Waals surface area (Å²) < 4.78 is 4.75. The van der Waals surface area contributed by atoms with Gasteiger partial charge in [0.1, 0.15) is 7.11 Å².